The summed E-state index contributed by atoms with van der Waals surface area (Å²) in [6, 6.07) is 13.8. The number of ether oxygens (including phenoxy) is 1. The van der Waals surface area contributed by atoms with Gasteiger partial charge in [0.25, 0.3) is 11.8 Å². The Morgan fingerprint density at radius 3 is 2.19 bits per heavy atom. The Morgan fingerprint density at radius 2 is 1.65 bits per heavy atom. The lowest BCUT2D eigenvalue weighted by atomic mass is 9.98. The van der Waals surface area contributed by atoms with Gasteiger partial charge in [0.2, 0.25) is 0 Å². The zero-order valence-electron chi connectivity index (χ0n) is 18.1. The summed E-state index contributed by atoms with van der Waals surface area (Å²) >= 11 is 0. The quantitative estimate of drug-likeness (QED) is 0.773. The average molecular weight is 423 g/mol. The summed E-state index contributed by atoms with van der Waals surface area (Å²) in [6.07, 6.45) is 0.521. The molecule has 2 amide bonds. The number of benzene rings is 2. The standard InChI is InChI=1S/C24H30N4O3/c1-16(25)20-15-19(7-8-21(20)26-2)17-3-5-18(6-4-17)23(29)27-10-12-28(13-11-27)24(30)22-9-14-31-22/h3-8,15-16,22,26H,9-14,25H2,1-2H3. The van der Waals surface area contributed by atoms with Gasteiger partial charge in [-0.2, -0.15) is 0 Å². The molecule has 0 bridgehead atoms. The van der Waals surface area contributed by atoms with Crippen molar-refractivity contribution in [2.45, 2.75) is 25.5 Å². The molecule has 4 rings (SSSR count). The zero-order valence-corrected chi connectivity index (χ0v) is 18.1. The highest BCUT2D eigenvalue weighted by Crippen LogP contribution is 2.28. The van der Waals surface area contributed by atoms with Gasteiger partial charge in [0, 0.05) is 56.9 Å². The van der Waals surface area contributed by atoms with Crippen LogP contribution in [0.2, 0.25) is 0 Å². The summed E-state index contributed by atoms with van der Waals surface area (Å²) in [5, 5.41) is 3.18. The Bertz CT molecular complexity index is 946. The Hall–Kier alpha value is -2.90. The predicted octanol–water partition coefficient (Wildman–Crippen LogP) is 2.49. The van der Waals surface area contributed by atoms with Crippen molar-refractivity contribution in [1.82, 2.24) is 9.80 Å². The first kappa shape index (κ1) is 21.3. The highest BCUT2D eigenvalue weighted by atomic mass is 16.5. The lowest BCUT2D eigenvalue weighted by molar-refractivity contribution is -0.157. The number of nitrogens with one attached hydrogen (secondary N) is 1. The zero-order chi connectivity index (χ0) is 22.0. The lowest BCUT2D eigenvalue weighted by Crippen LogP contribution is -2.54. The summed E-state index contributed by atoms with van der Waals surface area (Å²) in [4.78, 5) is 28.8. The first-order valence-electron chi connectivity index (χ1n) is 10.9. The number of anilines is 1. The van der Waals surface area contributed by atoms with Gasteiger partial charge in [-0.3, -0.25) is 9.59 Å². The van der Waals surface area contributed by atoms with Gasteiger partial charge in [-0.25, -0.2) is 0 Å². The normalized spacial score (nSPS) is 19.5. The van der Waals surface area contributed by atoms with Crippen LogP contribution in [0, 0.1) is 0 Å². The molecule has 2 saturated heterocycles. The van der Waals surface area contributed by atoms with Crippen molar-refractivity contribution in [1.29, 1.82) is 0 Å². The van der Waals surface area contributed by atoms with E-state index < -0.39 is 0 Å². The maximum Gasteiger partial charge on any atom is 0.253 e. The molecule has 7 heteroatoms. The fourth-order valence-electron chi connectivity index (χ4n) is 4.10. The minimum Gasteiger partial charge on any atom is -0.388 e. The number of hydrogen-bond acceptors (Lipinski definition) is 5. The topological polar surface area (TPSA) is 87.9 Å². The van der Waals surface area contributed by atoms with Gasteiger partial charge >= 0.3 is 0 Å². The first-order chi connectivity index (χ1) is 15.0. The number of amides is 2. The van der Waals surface area contributed by atoms with Gasteiger partial charge in [0.15, 0.2) is 0 Å². The molecule has 0 saturated carbocycles. The van der Waals surface area contributed by atoms with Crippen LogP contribution in [0.5, 0.6) is 0 Å². The maximum atomic E-state index is 12.9. The van der Waals surface area contributed by atoms with Gasteiger partial charge in [-0.1, -0.05) is 18.2 Å². The van der Waals surface area contributed by atoms with Gasteiger partial charge < -0.3 is 25.6 Å². The van der Waals surface area contributed by atoms with Crippen LogP contribution in [-0.2, 0) is 9.53 Å². The van der Waals surface area contributed by atoms with E-state index in [2.05, 4.69) is 17.4 Å². The van der Waals surface area contributed by atoms with Crippen molar-refractivity contribution in [3.63, 3.8) is 0 Å². The van der Waals surface area contributed by atoms with Crippen LogP contribution in [0.1, 0.15) is 35.3 Å². The van der Waals surface area contributed by atoms with E-state index in [9.17, 15) is 9.59 Å². The van der Waals surface area contributed by atoms with E-state index in [-0.39, 0.29) is 24.0 Å². The molecule has 0 aliphatic carbocycles. The summed E-state index contributed by atoms with van der Waals surface area (Å²) in [5.74, 6) is 0.0542. The molecule has 2 aromatic rings. The highest BCUT2D eigenvalue weighted by Gasteiger charge is 2.33. The number of carbonyl (C=O) groups excluding carboxylic acids is 2. The van der Waals surface area contributed by atoms with E-state index in [1.807, 2.05) is 54.1 Å². The van der Waals surface area contributed by atoms with Crippen molar-refractivity contribution in [2.75, 3.05) is 45.2 Å². The molecule has 0 spiro atoms. The molecule has 2 heterocycles. The molecule has 0 radical (unpaired) electrons. The van der Waals surface area contributed by atoms with Crippen LogP contribution in [0.3, 0.4) is 0 Å². The number of nitrogens with zero attached hydrogens (tertiary/aromatic N) is 2. The number of hydrogen-bond donors (Lipinski definition) is 2. The lowest BCUT2D eigenvalue weighted by Gasteiger charge is -2.38. The fraction of sp³-hybridized carbons (Fsp3) is 0.417. The van der Waals surface area contributed by atoms with Gasteiger partial charge in [-0.05, 0) is 47.9 Å². The highest BCUT2D eigenvalue weighted by molar-refractivity contribution is 5.95. The second-order valence-electron chi connectivity index (χ2n) is 8.18. The number of rotatable bonds is 5. The summed E-state index contributed by atoms with van der Waals surface area (Å²) in [5.41, 5.74) is 11.0. The van der Waals surface area contributed by atoms with Crippen LogP contribution in [0.25, 0.3) is 11.1 Å². The molecule has 2 aromatic carbocycles. The van der Waals surface area contributed by atoms with Gasteiger partial charge in [0.1, 0.15) is 6.10 Å². The van der Waals surface area contributed by atoms with E-state index in [4.69, 9.17) is 10.5 Å². The molecule has 2 unspecified atom stereocenters. The Labute approximate surface area is 183 Å². The van der Waals surface area contributed by atoms with E-state index in [0.29, 0.717) is 38.3 Å². The number of piperazine rings is 1. The van der Waals surface area contributed by atoms with Crippen LogP contribution in [0.15, 0.2) is 42.5 Å². The molecule has 2 aliphatic rings. The second kappa shape index (κ2) is 9.08. The minimum atomic E-state index is -0.278. The van der Waals surface area contributed by atoms with E-state index in [1.165, 1.54) is 0 Å². The molecule has 7 nitrogen and oxygen atoms in total. The van der Waals surface area contributed by atoms with Crippen molar-refractivity contribution in [3.05, 3.63) is 53.6 Å². The SMILES string of the molecule is CNc1ccc(-c2ccc(C(=O)N3CCN(C(=O)C4CCO4)CC3)cc2)cc1C(C)N. The Kier molecular flexibility index (Phi) is 6.25. The van der Waals surface area contributed by atoms with E-state index >= 15 is 0 Å². The van der Waals surface area contributed by atoms with Crippen LogP contribution >= 0.6 is 0 Å². The Morgan fingerprint density at radius 1 is 1.03 bits per heavy atom. The smallest absolute Gasteiger partial charge is 0.253 e. The van der Waals surface area contributed by atoms with Gasteiger partial charge in [-0.15, -0.1) is 0 Å². The Balaban J connectivity index is 1.41. The van der Waals surface area contributed by atoms with Crippen molar-refractivity contribution in [2.24, 2.45) is 5.73 Å². The molecule has 164 valence electrons. The molecule has 0 aromatic heterocycles. The number of nitrogens with two attached hydrogens (primary N) is 1. The predicted molar refractivity (Wildman–Crippen MR) is 121 cm³/mol. The first-order valence-corrected chi connectivity index (χ1v) is 10.9. The number of carbonyl (C=O) groups is 2. The van der Waals surface area contributed by atoms with Crippen LogP contribution < -0.4 is 11.1 Å². The average Bonchev–Trinajstić information content (AvgIpc) is 2.77. The maximum absolute atomic E-state index is 12.9. The fourth-order valence-corrected chi connectivity index (χ4v) is 4.10. The van der Waals surface area contributed by atoms with Crippen molar-refractivity contribution in [3.8, 4) is 11.1 Å². The van der Waals surface area contributed by atoms with Crippen LogP contribution in [0.4, 0.5) is 5.69 Å². The third-order valence-electron chi connectivity index (χ3n) is 6.13. The van der Waals surface area contributed by atoms with Gasteiger partial charge in [0.05, 0.1) is 6.61 Å². The van der Waals surface area contributed by atoms with Crippen molar-refractivity contribution < 1.29 is 14.3 Å². The second-order valence-corrected chi connectivity index (χ2v) is 8.18. The largest absolute Gasteiger partial charge is 0.388 e. The molecule has 2 atom stereocenters. The van der Waals surface area contributed by atoms with Crippen LogP contribution in [-0.4, -0.2) is 67.6 Å². The third-order valence-corrected chi connectivity index (χ3v) is 6.13. The minimum absolute atomic E-state index is 0.000318. The molecule has 2 fully saturated rings. The molecule has 2 aliphatic heterocycles. The molecule has 3 N–H and O–H groups in total. The summed E-state index contributed by atoms with van der Waals surface area (Å²) in [6.45, 7) is 4.83. The van der Waals surface area contributed by atoms with E-state index in [0.717, 1.165) is 28.8 Å². The van der Waals surface area contributed by atoms with Crippen molar-refractivity contribution >= 4 is 17.5 Å². The third kappa shape index (κ3) is 4.43. The van der Waals surface area contributed by atoms with E-state index in [1.54, 1.807) is 0 Å². The summed E-state index contributed by atoms with van der Waals surface area (Å²) in [7, 11) is 1.89. The molecular formula is C24H30N4O3. The molecular weight excluding hydrogens is 392 g/mol. The molecule has 31 heavy (non-hydrogen) atoms. The summed E-state index contributed by atoms with van der Waals surface area (Å²) < 4.78 is 5.29. The monoisotopic (exact) mass is 422 g/mol.